The van der Waals surface area contributed by atoms with E-state index in [1.165, 1.54) is 0 Å². The summed E-state index contributed by atoms with van der Waals surface area (Å²) in [4.78, 5) is 25.1. The molecule has 0 fully saturated rings. The van der Waals surface area contributed by atoms with Gasteiger partial charge in [0.25, 0.3) is 0 Å². The second-order valence-corrected chi connectivity index (χ2v) is 10.9. The van der Waals surface area contributed by atoms with E-state index in [0.717, 1.165) is 11.1 Å². The summed E-state index contributed by atoms with van der Waals surface area (Å²) in [7, 11) is 1.90. The van der Waals surface area contributed by atoms with E-state index >= 15 is 0 Å². The summed E-state index contributed by atoms with van der Waals surface area (Å²) in [6.07, 6.45) is -0.444. The first-order chi connectivity index (χ1) is 17.3. The average Bonchev–Trinajstić information content (AvgIpc) is 2.80. The minimum Gasteiger partial charge on any atom is -0.477 e. The zero-order valence-corrected chi connectivity index (χ0v) is 23.0. The van der Waals surface area contributed by atoms with Crippen LogP contribution in [0.4, 0.5) is 4.79 Å². The highest BCUT2D eigenvalue weighted by Gasteiger charge is 2.29. The van der Waals surface area contributed by atoms with Crippen molar-refractivity contribution in [1.29, 1.82) is 0 Å². The van der Waals surface area contributed by atoms with Gasteiger partial charge in [-0.2, -0.15) is 0 Å². The topological polar surface area (TPSA) is 115 Å². The first kappa shape index (κ1) is 30.1. The molecule has 9 nitrogen and oxygen atoms in total. The summed E-state index contributed by atoms with van der Waals surface area (Å²) < 4.78 is 16.7. The van der Waals surface area contributed by atoms with Crippen molar-refractivity contribution >= 4 is 12.1 Å². The number of nitrogens with zero attached hydrogens (tertiary/aromatic N) is 1. The van der Waals surface area contributed by atoms with Gasteiger partial charge in [0.2, 0.25) is 0 Å². The van der Waals surface area contributed by atoms with Crippen molar-refractivity contribution in [3.05, 3.63) is 65.7 Å². The number of amides is 1. The van der Waals surface area contributed by atoms with Crippen molar-refractivity contribution in [3.63, 3.8) is 0 Å². The van der Waals surface area contributed by atoms with Crippen LogP contribution in [0.1, 0.15) is 58.7 Å². The van der Waals surface area contributed by atoms with Gasteiger partial charge in [-0.15, -0.1) is 0 Å². The van der Waals surface area contributed by atoms with Crippen molar-refractivity contribution in [2.45, 2.75) is 71.2 Å². The number of ether oxygens (including phenoxy) is 3. The molecule has 0 heterocycles. The Balaban J connectivity index is 1.97. The number of nitrogens with two attached hydrogens (primary N) is 1. The largest absolute Gasteiger partial charge is 0.477 e. The fourth-order valence-corrected chi connectivity index (χ4v) is 3.47. The molecule has 2 aromatic carbocycles. The lowest BCUT2D eigenvalue weighted by Gasteiger charge is -2.26. The summed E-state index contributed by atoms with van der Waals surface area (Å²) in [6.45, 7) is 11.4. The fourth-order valence-electron chi connectivity index (χ4n) is 3.47. The van der Waals surface area contributed by atoms with Crippen LogP contribution in [-0.4, -0.2) is 54.6 Å². The molecule has 2 rings (SSSR count). The number of hydrogen-bond acceptors (Lipinski definition) is 8. The van der Waals surface area contributed by atoms with E-state index in [1.807, 2.05) is 37.4 Å². The van der Waals surface area contributed by atoms with E-state index in [0.29, 0.717) is 12.3 Å². The Hall–Kier alpha value is -3.14. The van der Waals surface area contributed by atoms with Crippen LogP contribution in [0.5, 0.6) is 5.75 Å². The first-order valence-electron chi connectivity index (χ1n) is 12.4. The molecule has 0 aliphatic rings. The van der Waals surface area contributed by atoms with E-state index in [-0.39, 0.29) is 19.2 Å². The van der Waals surface area contributed by atoms with E-state index < -0.39 is 29.3 Å². The van der Waals surface area contributed by atoms with Crippen LogP contribution in [-0.2, 0) is 20.7 Å². The molecule has 1 amide bonds. The lowest BCUT2D eigenvalue weighted by molar-refractivity contribution is -0.157. The van der Waals surface area contributed by atoms with Gasteiger partial charge >= 0.3 is 12.1 Å². The molecule has 0 saturated heterocycles. The van der Waals surface area contributed by atoms with Crippen LogP contribution >= 0.6 is 0 Å². The molecule has 2 atom stereocenters. The standard InChI is InChI=1S/C28H42N4O5/c1-27(2,3)36-25(33)23(31-26(34)37-28(4,5)6)17-20-13-15-22(16-14-20)35-19-32(29)18-24(30-7)21-11-9-8-10-12-21/h8-16,23-24,30H,17-19,29H2,1-7H3,(H,31,34)/t23-,24?/m0/s1. The van der Waals surface area contributed by atoms with Crippen LogP contribution in [0.25, 0.3) is 0 Å². The highest BCUT2D eigenvalue weighted by Crippen LogP contribution is 2.17. The molecule has 0 aliphatic heterocycles. The van der Waals surface area contributed by atoms with E-state index in [9.17, 15) is 9.59 Å². The maximum atomic E-state index is 12.8. The molecule has 9 heteroatoms. The molecule has 0 spiro atoms. The Morgan fingerprint density at radius 1 is 0.919 bits per heavy atom. The third kappa shape index (κ3) is 11.6. The number of carbonyl (C=O) groups is 2. The fraction of sp³-hybridized carbons (Fsp3) is 0.500. The minimum atomic E-state index is -0.906. The Labute approximate surface area is 220 Å². The minimum absolute atomic E-state index is 0.0689. The molecule has 0 saturated carbocycles. The predicted octanol–water partition coefficient (Wildman–Crippen LogP) is 3.94. The number of likely N-dealkylation sites (N-methyl/N-ethyl adjacent to an activating group) is 1. The first-order valence-corrected chi connectivity index (χ1v) is 12.4. The van der Waals surface area contributed by atoms with Crippen molar-refractivity contribution in [2.75, 3.05) is 20.3 Å². The van der Waals surface area contributed by atoms with Crippen molar-refractivity contribution < 1.29 is 23.8 Å². The van der Waals surface area contributed by atoms with Gasteiger partial charge in [-0.1, -0.05) is 42.5 Å². The second kappa shape index (κ2) is 13.4. The smallest absolute Gasteiger partial charge is 0.408 e. The summed E-state index contributed by atoms with van der Waals surface area (Å²) >= 11 is 0. The molecule has 0 aromatic heterocycles. The normalized spacial score (nSPS) is 13.5. The van der Waals surface area contributed by atoms with Crippen LogP contribution in [0.3, 0.4) is 0 Å². The van der Waals surface area contributed by atoms with E-state index in [4.69, 9.17) is 20.1 Å². The zero-order chi connectivity index (χ0) is 27.6. The lowest BCUT2D eigenvalue weighted by Crippen LogP contribution is -2.47. The molecule has 0 aliphatic carbocycles. The summed E-state index contributed by atoms with van der Waals surface area (Å²) in [5.41, 5.74) is 0.587. The second-order valence-electron chi connectivity index (χ2n) is 10.9. The van der Waals surface area contributed by atoms with Crippen LogP contribution in [0.15, 0.2) is 54.6 Å². The number of carbonyl (C=O) groups excluding carboxylic acids is 2. The van der Waals surface area contributed by atoms with Gasteiger partial charge in [0.1, 0.15) is 23.0 Å². The molecular weight excluding hydrogens is 472 g/mol. The predicted molar refractivity (Wildman–Crippen MR) is 144 cm³/mol. The molecule has 1 unspecified atom stereocenters. The number of hydrogen-bond donors (Lipinski definition) is 3. The molecule has 0 bridgehead atoms. The number of hydrazine groups is 1. The number of alkyl carbamates (subject to hydrolysis) is 1. The third-order valence-corrected chi connectivity index (χ3v) is 5.11. The van der Waals surface area contributed by atoms with Crippen molar-refractivity contribution in [1.82, 2.24) is 15.6 Å². The Morgan fingerprint density at radius 2 is 1.51 bits per heavy atom. The van der Waals surface area contributed by atoms with Gasteiger partial charge < -0.3 is 24.8 Å². The maximum absolute atomic E-state index is 12.8. The molecule has 37 heavy (non-hydrogen) atoms. The molecule has 0 radical (unpaired) electrons. The number of nitrogens with one attached hydrogen (secondary N) is 2. The average molecular weight is 515 g/mol. The van der Waals surface area contributed by atoms with Crippen LogP contribution in [0, 0.1) is 0 Å². The quantitative estimate of drug-likeness (QED) is 0.179. The Morgan fingerprint density at radius 3 is 2.05 bits per heavy atom. The molecule has 2 aromatic rings. The maximum Gasteiger partial charge on any atom is 0.408 e. The lowest BCUT2D eigenvalue weighted by atomic mass is 10.1. The molecule has 4 N–H and O–H groups in total. The highest BCUT2D eigenvalue weighted by molar-refractivity contribution is 5.82. The number of esters is 1. The van der Waals surface area contributed by atoms with Gasteiger partial charge in [-0.05, 0) is 71.8 Å². The third-order valence-electron chi connectivity index (χ3n) is 5.11. The van der Waals surface area contributed by atoms with Crippen LogP contribution in [0.2, 0.25) is 0 Å². The van der Waals surface area contributed by atoms with E-state index in [2.05, 4.69) is 22.8 Å². The van der Waals surface area contributed by atoms with Gasteiger partial charge in [0.15, 0.2) is 6.73 Å². The number of rotatable bonds is 11. The van der Waals surface area contributed by atoms with Crippen molar-refractivity contribution in [3.8, 4) is 5.75 Å². The molecule has 204 valence electrons. The SMILES string of the molecule is CNC(CN(N)COc1ccc(C[C@H](NC(=O)OC(C)(C)C)C(=O)OC(C)(C)C)cc1)c1ccccc1. The Bertz CT molecular complexity index is 984. The van der Waals surface area contributed by atoms with Crippen LogP contribution < -0.4 is 21.2 Å². The van der Waals surface area contributed by atoms with Gasteiger partial charge in [0.05, 0.1) is 0 Å². The summed E-state index contributed by atoms with van der Waals surface area (Å²) in [6, 6.07) is 16.5. The molecular formula is C28H42N4O5. The van der Waals surface area contributed by atoms with Gasteiger partial charge in [0, 0.05) is 19.0 Å². The summed E-state index contributed by atoms with van der Waals surface area (Å²) in [5.74, 6) is 6.27. The Kier molecular flexibility index (Phi) is 10.9. The monoisotopic (exact) mass is 514 g/mol. The van der Waals surface area contributed by atoms with Crippen molar-refractivity contribution in [2.24, 2.45) is 5.84 Å². The number of benzene rings is 2. The summed E-state index contributed by atoms with van der Waals surface area (Å²) in [5, 5.41) is 7.51. The zero-order valence-electron chi connectivity index (χ0n) is 23.0. The van der Waals surface area contributed by atoms with E-state index in [1.54, 1.807) is 58.7 Å². The highest BCUT2D eigenvalue weighted by atomic mass is 16.6. The van der Waals surface area contributed by atoms with Gasteiger partial charge in [-0.25, -0.2) is 14.6 Å². The van der Waals surface area contributed by atoms with Gasteiger partial charge in [-0.3, -0.25) is 5.84 Å².